The molecule has 0 N–H and O–H groups in total. The van der Waals surface area contributed by atoms with Gasteiger partial charge in [0.15, 0.2) is 0 Å². The maximum absolute atomic E-state index is 13.5. The number of nitrogens with zero attached hydrogens (tertiary/aromatic N) is 3. The molecule has 0 unspecified atom stereocenters. The summed E-state index contributed by atoms with van der Waals surface area (Å²) >= 11 is 0. The Morgan fingerprint density at radius 3 is 2.13 bits per heavy atom. The van der Waals surface area contributed by atoms with Gasteiger partial charge in [-0.15, -0.1) is 0 Å². The van der Waals surface area contributed by atoms with Gasteiger partial charge in [0.25, 0.3) is 0 Å². The van der Waals surface area contributed by atoms with Gasteiger partial charge in [-0.25, -0.2) is 16.8 Å². The third-order valence-corrected chi connectivity index (χ3v) is 9.79. The molecule has 1 aromatic heterocycles. The lowest BCUT2D eigenvalue weighted by Crippen LogP contribution is -2.35. The topological polar surface area (TPSA) is 79.7 Å². The van der Waals surface area contributed by atoms with Gasteiger partial charge in [0.2, 0.25) is 20.0 Å². The van der Waals surface area contributed by atoms with E-state index < -0.39 is 20.0 Å². The van der Waals surface area contributed by atoms with E-state index in [0.717, 1.165) is 31.4 Å². The second kappa shape index (κ2) is 9.21. The molecule has 0 amide bonds. The van der Waals surface area contributed by atoms with Crippen molar-refractivity contribution in [3.63, 3.8) is 0 Å². The minimum atomic E-state index is -3.76. The lowest BCUT2D eigenvalue weighted by atomic mass is 10.1. The van der Waals surface area contributed by atoms with Crippen LogP contribution in [-0.4, -0.2) is 49.6 Å². The number of aromatic nitrogens is 1. The van der Waals surface area contributed by atoms with Crippen molar-refractivity contribution in [2.75, 3.05) is 19.6 Å². The van der Waals surface area contributed by atoms with Gasteiger partial charge in [-0.3, -0.25) is 0 Å². The Bertz CT molecular complexity index is 1060. The Morgan fingerprint density at radius 2 is 1.57 bits per heavy atom. The summed E-state index contributed by atoms with van der Waals surface area (Å²) in [6, 6.07) is 9.30. The number of sulfonamides is 2. The van der Waals surface area contributed by atoms with Gasteiger partial charge in [0, 0.05) is 38.6 Å². The van der Waals surface area contributed by atoms with Crippen LogP contribution in [0.1, 0.15) is 51.3 Å². The molecule has 3 rings (SSSR count). The summed E-state index contributed by atoms with van der Waals surface area (Å²) in [5.41, 5.74) is 0.973. The second-order valence-electron chi connectivity index (χ2n) is 7.59. The van der Waals surface area contributed by atoms with Crippen LogP contribution < -0.4 is 0 Å². The van der Waals surface area contributed by atoms with Crippen molar-refractivity contribution in [2.24, 2.45) is 7.05 Å². The van der Waals surface area contributed by atoms with Gasteiger partial charge in [0.1, 0.15) is 0 Å². The molecule has 9 heteroatoms. The summed E-state index contributed by atoms with van der Waals surface area (Å²) in [5.74, 6) is 0. The first kappa shape index (κ1) is 23.0. The van der Waals surface area contributed by atoms with Crippen molar-refractivity contribution in [1.29, 1.82) is 0 Å². The standard InChI is InChI=1S/C21H31N3O4S2/c1-4-23(5-2)29(25,26)18-12-14-19(15-13-18)30(27,28)24-17-8-6-7-10-21(24)20-11-9-16-22(20)3/h9,11-16,21H,4-8,10,17H2,1-3H3/t21-/m1/s1. The van der Waals surface area contributed by atoms with Gasteiger partial charge in [-0.1, -0.05) is 26.7 Å². The lowest BCUT2D eigenvalue weighted by Gasteiger charge is -2.29. The first-order chi connectivity index (χ1) is 14.2. The van der Waals surface area contributed by atoms with Crippen LogP contribution in [0, 0.1) is 0 Å². The van der Waals surface area contributed by atoms with Crippen molar-refractivity contribution in [1.82, 2.24) is 13.2 Å². The quantitative estimate of drug-likeness (QED) is 0.644. The molecule has 7 nitrogen and oxygen atoms in total. The van der Waals surface area contributed by atoms with Crippen molar-refractivity contribution in [3.8, 4) is 0 Å². The summed E-state index contributed by atoms with van der Waals surface area (Å²) in [5, 5.41) is 0. The monoisotopic (exact) mass is 453 g/mol. The first-order valence-corrected chi connectivity index (χ1v) is 13.3. The molecule has 0 radical (unpaired) electrons. The molecular formula is C21H31N3O4S2. The van der Waals surface area contributed by atoms with Crippen molar-refractivity contribution < 1.29 is 16.8 Å². The fraction of sp³-hybridized carbons (Fsp3) is 0.524. The Hall–Kier alpha value is -1.68. The average Bonchev–Trinajstić information content (AvgIpc) is 2.99. The zero-order chi connectivity index (χ0) is 21.9. The Balaban J connectivity index is 1.96. The molecule has 1 atom stereocenters. The van der Waals surface area contributed by atoms with Gasteiger partial charge < -0.3 is 4.57 Å². The fourth-order valence-electron chi connectivity index (χ4n) is 4.12. The van der Waals surface area contributed by atoms with Crippen molar-refractivity contribution in [2.45, 2.75) is 55.4 Å². The van der Waals surface area contributed by atoms with E-state index in [1.165, 1.54) is 28.6 Å². The molecular weight excluding hydrogens is 422 g/mol. The molecule has 30 heavy (non-hydrogen) atoms. The summed E-state index contributed by atoms with van der Waals surface area (Å²) < 4.78 is 57.4. The molecule has 1 fully saturated rings. The average molecular weight is 454 g/mol. The highest BCUT2D eigenvalue weighted by atomic mass is 32.2. The third kappa shape index (κ3) is 4.34. The molecule has 1 saturated heterocycles. The van der Waals surface area contributed by atoms with E-state index in [4.69, 9.17) is 0 Å². The van der Waals surface area contributed by atoms with Crippen LogP contribution in [0.4, 0.5) is 0 Å². The highest BCUT2D eigenvalue weighted by Crippen LogP contribution is 2.35. The van der Waals surface area contributed by atoms with Gasteiger partial charge in [-0.05, 0) is 49.2 Å². The normalized spacial score (nSPS) is 19.1. The van der Waals surface area contributed by atoms with E-state index in [1.54, 1.807) is 18.2 Å². The Morgan fingerprint density at radius 1 is 0.933 bits per heavy atom. The van der Waals surface area contributed by atoms with E-state index in [1.807, 2.05) is 29.9 Å². The molecule has 0 bridgehead atoms. The fourth-order valence-corrected chi connectivity index (χ4v) is 7.24. The zero-order valence-corrected chi connectivity index (χ0v) is 19.5. The highest BCUT2D eigenvalue weighted by Gasteiger charge is 2.34. The predicted octanol–water partition coefficient (Wildman–Crippen LogP) is 3.36. The summed E-state index contributed by atoms with van der Waals surface area (Å²) in [6.07, 6.45) is 5.48. The summed E-state index contributed by atoms with van der Waals surface area (Å²) in [6.45, 7) is 4.75. The van der Waals surface area contributed by atoms with Crippen LogP contribution in [0.25, 0.3) is 0 Å². The zero-order valence-electron chi connectivity index (χ0n) is 17.9. The number of hydrogen-bond donors (Lipinski definition) is 0. The number of hydrogen-bond acceptors (Lipinski definition) is 4. The van der Waals surface area contributed by atoms with Gasteiger partial charge >= 0.3 is 0 Å². The largest absolute Gasteiger partial charge is 0.353 e. The van der Waals surface area contributed by atoms with Crippen LogP contribution in [0.2, 0.25) is 0 Å². The van der Waals surface area contributed by atoms with Crippen LogP contribution in [0.15, 0.2) is 52.4 Å². The predicted molar refractivity (Wildman–Crippen MR) is 117 cm³/mol. The lowest BCUT2D eigenvalue weighted by molar-refractivity contribution is 0.318. The molecule has 166 valence electrons. The Kier molecular flexibility index (Phi) is 7.06. The molecule has 2 heterocycles. The minimum absolute atomic E-state index is 0.111. The maximum atomic E-state index is 13.5. The van der Waals surface area contributed by atoms with E-state index in [0.29, 0.717) is 19.6 Å². The molecule has 1 aliphatic heterocycles. The molecule has 1 aromatic carbocycles. The maximum Gasteiger partial charge on any atom is 0.243 e. The van der Waals surface area contributed by atoms with Crippen LogP contribution >= 0.6 is 0 Å². The van der Waals surface area contributed by atoms with E-state index in [-0.39, 0.29) is 15.8 Å². The number of aryl methyl sites for hydroxylation is 1. The second-order valence-corrected chi connectivity index (χ2v) is 11.4. The summed E-state index contributed by atoms with van der Waals surface area (Å²) in [4.78, 5) is 0.238. The number of rotatable bonds is 7. The van der Waals surface area contributed by atoms with E-state index >= 15 is 0 Å². The SMILES string of the molecule is CCN(CC)S(=O)(=O)c1ccc(S(=O)(=O)N2CCCCC[C@@H]2c2cccn2C)cc1. The Labute approximate surface area is 180 Å². The molecule has 2 aromatic rings. The van der Waals surface area contributed by atoms with Gasteiger partial charge in [0.05, 0.1) is 15.8 Å². The van der Waals surface area contributed by atoms with Crippen LogP contribution in [0.3, 0.4) is 0 Å². The number of benzene rings is 1. The summed E-state index contributed by atoms with van der Waals surface area (Å²) in [7, 11) is -5.46. The van der Waals surface area contributed by atoms with Gasteiger partial charge in [-0.2, -0.15) is 8.61 Å². The van der Waals surface area contributed by atoms with Crippen molar-refractivity contribution in [3.05, 3.63) is 48.3 Å². The molecule has 0 saturated carbocycles. The third-order valence-electron chi connectivity index (χ3n) is 5.80. The van der Waals surface area contributed by atoms with Crippen molar-refractivity contribution >= 4 is 20.0 Å². The molecule has 0 aliphatic carbocycles. The highest BCUT2D eigenvalue weighted by molar-refractivity contribution is 7.89. The molecule has 1 aliphatic rings. The van der Waals surface area contributed by atoms with E-state index in [9.17, 15) is 16.8 Å². The van der Waals surface area contributed by atoms with Crippen LogP contribution in [-0.2, 0) is 27.1 Å². The minimum Gasteiger partial charge on any atom is -0.353 e. The van der Waals surface area contributed by atoms with Crippen LogP contribution in [0.5, 0.6) is 0 Å². The smallest absolute Gasteiger partial charge is 0.243 e. The first-order valence-electron chi connectivity index (χ1n) is 10.5. The van der Waals surface area contributed by atoms with E-state index in [2.05, 4.69) is 0 Å². The molecule has 0 spiro atoms.